The van der Waals surface area contributed by atoms with Crippen molar-refractivity contribution in [3.63, 3.8) is 0 Å². The first-order chi connectivity index (χ1) is 14.4. The molecule has 6 nitrogen and oxygen atoms in total. The molecular weight excluding hydrogens is 403 g/mol. The lowest BCUT2D eigenvalue weighted by Gasteiger charge is -2.04. The number of benzene rings is 1. The zero-order valence-electron chi connectivity index (χ0n) is 15.8. The minimum atomic E-state index is -0.777. The maximum atomic E-state index is 13.9. The van der Waals surface area contributed by atoms with Gasteiger partial charge in [-0.1, -0.05) is 12.1 Å². The Bertz CT molecular complexity index is 1320. The third-order valence-corrected chi connectivity index (χ3v) is 5.39. The number of fused-ring (bicyclic) bond motifs is 1. The Morgan fingerprint density at radius 3 is 2.63 bits per heavy atom. The maximum Gasteiger partial charge on any atom is 0.297 e. The van der Waals surface area contributed by atoms with Crippen molar-refractivity contribution < 1.29 is 14.0 Å². The number of nitrogens with one attached hydrogen (secondary N) is 1. The van der Waals surface area contributed by atoms with Crippen LogP contribution in [0, 0.1) is 24.1 Å². The molecule has 8 heteroatoms. The van der Waals surface area contributed by atoms with E-state index in [1.807, 2.05) is 0 Å². The second-order valence-electron chi connectivity index (χ2n) is 6.75. The molecule has 148 valence electrons. The summed E-state index contributed by atoms with van der Waals surface area (Å²) in [6.07, 6.45) is 1.69. The number of anilines is 1. The number of hydrogen-bond acceptors (Lipinski definition) is 5. The van der Waals surface area contributed by atoms with Crippen molar-refractivity contribution in [1.82, 2.24) is 8.77 Å². The molecule has 0 bridgehead atoms. The molecule has 0 radical (unpaired) electrons. The lowest BCUT2D eigenvalue weighted by molar-refractivity contribution is -0.112. The molecule has 0 saturated heterocycles. The highest BCUT2D eigenvalue weighted by atomic mass is 32.1. The Hall–Kier alpha value is -3.83. The van der Waals surface area contributed by atoms with E-state index in [-0.39, 0.29) is 5.56 Å². The highest BCUT2D eigenvalue weighted by molar-refractivity contribution is 7.10. The lowest BCUT2D eigenvalue weighted by Crippen LogP contribution is -2.22. The van der Waals surface area contributed by atoms with Crippen molar-refractivity contribution in [2.24, 2.45) is 0 Å². The minimum absolute atomic E-state index is 0.192. The van der Waals surface area contributed by atoms with Gasteiger partial charge in [0.05, 0.1) is 28.4 Å². The summed E-state index contributed by atoms with van der Waals surface area (Å²) in [5.41, 5.74) is 3.46. The van der Waals surface area contributed by atoms with E-state index in [1.54, 1.807) is 47.7 Å². The number of ketones is 1. The molecule has 0 aliphatic rings. The van der Waals surface area contributed by atoms with E-state index in [9.17, 15) is 14.0 Å². The third kappa shape index (κ3) is 3.83. The van der Waals surface area contributed by atoms with E-state index in [4.69, 9.17) is 5.26 Å². The van der Waals surface area contributed by atoms with Crippen LogP contribution in [0.4, 0.5) is 9.39 Å². The second kappa shape index (κ2) is 7.89. The Morgan fingerprint density at radius 1 is 1.20 bits per heavy atom. The quantitative estimate of drug-likeness (QED) is 0.390. The van der Waals surface area contributed by atoms with Crippen molar-refractivity contribution in [1.29, 1.82) is 5.26 Å². The molecule has 0 spiro atoms. The van der Waals surface area contributed by atoms with Gasteiger partial charge in [0.2, 0.25) is 0 Å². The molecule has 4 aromatic rings. The van der Waals surface area contributed by atoms with Gasteiger partial charge in [0, 0.05) is 18.3 Å². The number of halogens is 1. The van der Waals surface area contributed by atoms with Crippen LogP contribution in [0.25, 0.3) is 5.52 Å². The van der Waals surface area contributed by atoms with E-state index in [1.165, 1.54) is 18.3 Å². The number of rotatable bonds is 5. The van der Waals surface area contributed by atoms with Gasteiger partial charge in [-0.15, -0.1) is 0 Å². The van der Waals surface area contributed by atoms with Crippen LogP contribution in [0.3, 0.4) is 0 Å². The zero-order valence-corrected chi connectivity index (χ0v) is 16.7. The van der Waals surface area contributed by atoms with Crippen LogP contribution in [0.15, 0.2) is 54.7 Å². The number of carbonyl (C=O) groups excluding carboxylic acids is 2. The molecule has 0 fully saturated rings. The molecule has 1 N–H and O–H groups in total. The summed E-state index contributed by atoms with van der Waals surface area (Å²) in [4.78, 5) is 25.3. The average Bonchev–Trinajstić information content (AvgIpc) is 3.31. The van der Waals surface area contributed by atoms with Gasteiger partial charge in [0.15, 0.2) is 0 Å². The van der Waals surface area contributed by atoms with Crippen LogP contribution < -0.4 is 5.32 Å². The number of aromatic nitrogens is 2. The first-order valence-corrected chi connectivity index (χ1v) is 9.79. The summed E-state index contributed by atoms with van der Waals surface area (Å²) in [5, 5.41) is 12.0. The van der Waals surface area contributed by atoms with Gasteiger partial charge >= 0.3 is 0 Å². The highest BCUT2D eigenvalue weighted by Gasteiger charge is 2.23. The summed E-state index contributed by atoms with van der Waals surface area (Å²) in [6.45, 7) is 1.79. The number of aryl methyl sites for hydroxylation is 1. The smallest absolute Gasteiger partial charge is 0.297 e. The molecule has 0 aliphatic heterocycles. The summed E-state index contributed by atoms with van der Waals surface area (Å²) in [6, 6.07) is 15.1. The molecule has 4 rings (SSSR count). The number of pyridine rings is 1. The number of Topliss-reactive ketones (excluding diaryl/α,β-unsaturated/α-hetero) is 1. The van der Waals surface area contributed by atoms with Gasteiger partial charge in [0.1, 0.15) is 10.8 Å². The lowest BCUT2D eigenvalue weighted by atomic mass is 10.1. The average molecular weight is 418 g/mol. The van der Waals surface area contributed by atoms with Crippen molar-refractivity contribution in [2.75, 3.05) is 5.32 Å². The van der Waals surface area contributed by atoms with Crippen LogP contribution in [0.2, 0.25) is 0 Å². The number of amides is 1. The van der Waals surface area contributed by atoms with Crippen LogP contribution in [-0.2, 0) is 11.2 Å². The van der Waals surface area contributed by atoms with Crippen molar-refractivity contribution >= 4 is 33.7 Å². The molecule has 0 aliphatic carbocycles. The van der Waals surface area contributed by atoms with E-state index >= 15 is 0 Å². The van der Waals surface area contributed by atoms with Crippen LogP contribution in [0.1, 0.15) is 32.9 Å². The summed E-state index contributed by atoms with van der Waals surface area (Å²) >= 11 is 1.09. The SMILES string of the molecule is Cc1cc(NC(=O)C(=O)c2cc(Cc3ccc(C#N)cc3)n3cc(F)ccc23)sn1. The molecule has 30 heavy (non-hydrogen) atoms. The fraction of sp³-hybridized carbons (Fsp3) is 0.0909. The number of nitriles is 1. The fourth-order valence-corrected chi connectivity index (χ4v) is 3.84. The normalized spacial score (nSPS) is 10.7. The molecule has 3 heterocycles. The number of hydrogen-bond donors (Lipinski definition) is 1. The van der Waals surface area contributed by atoms with Gasteiger partial charge in [0.25, 0.3) is 11.7 Å². The fourth-order valence-electron chi connectivity index (χ4n) is 3.18. The molecular formula is C22H15FN4O2S. The standard InChI is InChI=1S/C22H15FN4O2S/c1-13-8-20(30-26-13)25-22(29)21(28)18-10-17(27-12-16(23)6-7-19(18)27)9-14-2-4-15(11-24)5-3-14/h2-8,10,12H,9H2,1H3,(H,25,29). The Labute approximate surface area is 175 Å². The number of carbonyl (C=O) groups is 2. The topological polar surface area (TPSA) is 87.3 Å². The van der Waals surface area contributed by atoms with Gasteiger partial charge < -0.3 is 9.72 Å². The largest absolute Gasteiger partial charge is 0.317 e. The van der Waals surface area contributed by atoms with Gasteiger partial charge in [-0.05, 0) is 60.4 Å². The van der Waals surface area contributed by atoms with E-state index in [0.717, 1.165) is 22.8 Å². The minimum Gasteiger partial charge on any atom is -0.317 e. The van der Waals surface area contributed by atoms with E-state index in [0.29, 0.717) is 28.2 Å². The number of nitrogens with zero attached hydrogens (tertiary/aromatic N) is 3. The molecule has 0 atom stereocenters. The Morgan fingerprint density at radius 2 is 1.97 bits per heavy atom. The molecule has 0 saturated carbocycles. The van der Waals surface area contributed by atoms with Crippen molar-refractivity contribution in [3.8, 4) is 6.07 Å². The molecule has 1 amide bonds. The molecule has 1 aromatic carbocycles. The molecule has 3 aromatic heterocycles. The predicted molar refractivity (Wildman–Crippen MR) is 111 cm³/mol. The predicted octanol–water partition coefficient (Wildman–Crippen LogP) is 4.13. The zero-order chi connectivity index (χ0) is 21.3. The molecule has 0 unspecified atom stereocenters. The van der Waals surface area contributed by atoms with E-state index in [2.05, 4.69) is 15.8 Å². The third-order valence-electron chi connectivity index (χ3n) is 4.59. The van der Waals surface area contributed by atoms with Crippen molar-refractivity contribution in [3.05, 3.63) is 88.6 Å². The first kappa shape index (κ1) is 19.5. The van der Waals surface area contributed by atoms with Gasteiger partial charge in [-0.2, -0.15) is 9.64 Å². The van der Waals surface area contributed by atoms with Crippen LogP contribution in [0.5, 0.6) is 0 Å². The Balaban J connectivity index is 1.68. The van der Waals surface area contributed by atoms with Crippen LogP contribution >= 0.6 is 11.5 Å². The van der Waals surface area contributed by atoms with E-state index < -0.39 is 17.5 Å². The van der Waals surface area contributed by atoms with Crippen LogP contribution in [-0.4, -0.2) is 20.5 Å². The maximum absolute atomic E-state index is 13.9. The first-order valence-electron chi connectivity index (χ1n) is 9.02. The summed E-state index contributed by atoms with van der Waals surface area (Å²) in [7, 11) is 0. The van der Waals surface area contributed by atoms with Gasteiger partial charge in [-0.3, -0.25) is 9.59 Å². The monoisotopic (exact) mass is 418 g/mol. The van der Waals surface area contributed by atoms with Gasteiger partial charge in [-0.25, -0.2) is 4.39 Å². The highest BCUT2D eigenvalue weighted by Crippen LogP contribution is 2.23. The summed E-state index contributed by atoms with van der Waals surface area (Å²) in [5.74, 6) is -1.94. The second-order valence-corrected chi connectivity index (χ2v) is 7.56. The summed E-state index contributed by atoms with van der Waals surface area (Å²) < 4.78 is 19.5. The Kier molecular flexibility index (Phi) is 5.12. The van der Waals surface area contributed by atoms with Crippen molar-refractivity contribution in [2.45, 2.75) is 13.3 Å².